The number of aryl methyl sites for hydroxylation is 2. The van der Waals surface area contributed by atoms with Gasteiger partial charge in [0.05, 0.1) is 23.6 Å². The molecular weight excluding hydrogens is 238 g/mol. The highest BCUT2D eigenvalue weighted by atomic mass is 16.3. The first-order valence-electron chi connectivity index (χ1n) is 6.83. The molecule has 0 aliphatic heterocycles. The first-order valence-corrected chi connectivity index (χ1v) is 6.83. The van der Waals surface area contributed by atoms with E-state index in [1.54, 1.807) is 0 Å². The summed E-state index contributed by atoms with van der Waals surface area (Å²) in [6, 6.07) is 4.12. The Labute approximate surface area is 114 Å². The van der Waals surface area contributed by atoms with E-state index in [0.29, 0.717) is 5.56 Å². The molecule has 4 heteroatoms. The fourth-order valence-electron chi connectivity index (χ4n) is 2.91. The lowest BCUT2D eigenvalue weighted by Crippen LogP contribution is -2.30. The van der Waals surface area contributed by atoms with Crippen LogP contribution in [0.4, 0.5) is 5.69 Å². The van der Waals surface area contributed by atoms with E-state index in [4.69, 9.17) is 0 Å². The summed E-state index contributed by atoms with van der Waals surface area (Å²) in [6.45, 7) is 4.72. The number of hydrogen-bond donors (Lipinski definition) is 2. The Balaban J connectivity index is 2.17. The van der Waals surface area contributed by atoms with Gasteiger partial charge in [-0.25, -0.2) is 0 Å². The molecular formula is C15H21N3O. The van der Waals surface area contributed by atoms with E-state index < -0.39 is 0 Å². The summed E-state index contributed by atoms with van der Waals surface area (Å²) in [7, 11) is 0. The number of pyridine rings is 1. The molecule has 1 saturated carbocycles. The Morgan fingerprint density at radius 1 is 1.42 bits per heavy atom. The summed E-state index contributed by atoms with van der Waals surface area (Å²) >= 11 is 0. The van der Waals surface area contributed by atoms with Crippen molar-refractivity contribution in [1.82, 2.24) is 4.98 Å². The number of nitriles is 1. The molecule has 0 aromatic carbocycles. The Kier molecular flexibility index (Phi) is 4.06. The molecule has 1 aromatic heterocycles. The van der Waals surface area contributed by atoms with Crippen molar-refractivity contribution >= 4 is 5.69 Å². The number of hydrogen-bond acceptors (Lipinski definition) is 4. The zero-order valence-electron chi connectivity index (χ0n) is 11.7. The maximum absolute atomic E-state index is 9.61. The molecule has 0 atom stereocenters. The predicted octanol–water partition coefficient (Wildman–Crippen LogP) is 2.53. The number of nitrogens with zero attached hydrogens (tertiary/aromatic N) is 2. The zero-order chi connectivity index (χ0) is 13.9. The third-order valence-electron chi connectivity index (χ3n) is 4.09. The second-order valence-corrected chi connectivity index (χ2v) is 5.60. The molecule has 1 aliphatic rings. The Bertz CT molecular complexity index is 499. The highest BCUT2D eigenvalue weighted by molar-refractivity contribution is 5.59. The Morgan fingerprint density at radius 2 is 2.11 bits per heavy atom. The van der Waals surface area contributed by atoms with E-state index in [1.165, 1.54) is 12.8 Å². The van der Waals surface area contributed by atoms with Gasteiger partial charge in [-0.2, -0.15) is 5.26 Å². The molecule has 2 rings (SSSR count). The molecule has 1 aromatic rings. The van der Waals surface area contributed by atoms with Crippen LogP contribution in [-0.2, 0) is 0 Å². The average molecular weight is 259 g/mol. The van der Waals surface area contributed by atoms with Gasteiger partial charge in [-0.15, -0.1) is 0 Å². The van der Waals surface area contributed by atoms with E-state index in [2.05, 4.69) is 16.4 Å². The van der Waals surface area contributed by atoms with Crippen molar-refractivity contribution in [3.63, 3.8) is 0 Å². The lowest BCUT2D eigenvalue weighted by molar-refractivity contribution is 0.142. The maximum Gasteiger partial charge on any atom is 0.103 e. The summed E-state index contributed by atoms with van der Waals surface area (Å²) in [5.74, 6) is 0. The minimum atomic E-state index is -0.0161. The molecule has 4 nitrogen and oxygen atoms in total. The SMILES string of the molecule is Cc1cc(NCC2(CO)CCCC2)c(C#N)c(C)n1. The second-order valence-electron chi connectivity index (χ2n) is 5.60. The number of aliphatic hydroxyl groups excluding tert-OH is 1. The molecule has 0 radical (unpaired) electrons. The summed E-state index contributed by atoms with van der Waals surface area (Å²) in [6.07, 6.45) is 4.48. The van der Waals surface area contributed by atoms with Crippen LogP contribution in [0.5, 0.6) is 0 Å². The number of rotatable bonds is 4. The first-order chi connectivity index (χ1) is 9.10. The van der Waals surface area contributed by atoms with Gasteiger partial charge < -0.3 is 10.4 Å². The molecule has 0 amide bonds. The first kappa shape index (κ1) is 13.8. The second kappa shape index (κ2) is 5.58. The van der Waals surface area contributed by atoms with Gasteiger partial charge in [0.2, 0.25) is 0 Å². The van der Waals surface area contributed by atoms with Crippen LogP contribution < -0.4 is 5.32 Å². The largest absolute Gasteiger partial charge is 0.396 e. The van der Waals surface area contributed by atoms with Crippen molar-refractivity contribution in [3.05, 3.63) is 23.0 Å². The molecule has 0 saturated heterocycles. The van der Waals surface area contributed by atoms with Crippen LogP contribution in [-0.4, -0.2) is 23.2 Å². The topological polar surface area (TPSA) is 68.9 Å². The molecule has 0 spiro atoms. The maximum atomic E-state index is 9.61. The predicted molar refractivity (Wildman–Crippen MR) is 74.9 cm³/mol. The molecule has 1 fully saturated rings. The van der Waals surface area contributed by atoms with E-state index in [9.17, 15) is 10.4 Å². The molecule has 102 valence electrons. The third-order valence-corrected chi connectivity index (χ3v) is 4.09. The van der Waals surface area contributed by atoms with Gasteiger partial charge in [-0.1, -0.05) is 12.8 Å². The molecule has 1 aliphatic carbocycles. The number of anilines is 1. The van der Waals surface area contributed by atoms with E-state index in [0.717, 1.165) is 36.5 Å². The summed E-state index contributed by atoms with van der Waals surface area (Å²) in [4.78, 5) is 4.31. The molecule has 19 heavy (non-hydrogen) atoms. The van der Waals surface area contributed by atoms with Crippen LogP contribution in [0.2, 0.25) is 0 Å². The van der Waals surface area contributed by atoms with Crippen molar-refractivity contribution in [2.75, 3.05) is 18.5 Å². The minimum absolute atomic E-state index is 0.0161. The van der Waals surface area contributed by atoms with E-state index in [-0.39, 0.29) is 12.0 Å². The summed E-state index contributed by atoms with van der Waals surface area (Å²) < 4.78 is 0. The van der Waals surface area contributed by atoms with Crippen LogP contribution >= 0.6 is 0 Å². The van der Waals surface area contributed by atoms with Gasteiger partial charge in [0.15, 0.2) is 0 Å². The standard InChI is InChI=1S/C15H21N3O/c1-11-7-14(13(8-16)12(2)18-11)17-9-15(10-19)5-3-4-6-15/h7,19H,3-6,9-10H2,1-2H3,(H,17,18). The zero-order valence-corrected chi connectivity index (χ0v) is 11.7. The van der Waals surface area contributed by atoms with Crippen LogP contribution in [0, 0.1) is 30.6 Å². The van der Waals surface area contributed by atoms with Crippen LogP contribution in [0.25, 0.3) is 0 Å². The van der Waals surface area contributed by atoms with Crippen molar-refractivity contribution in [2.45, 2.75) is 39.5 Å². The van der Waals surface area contributed by atoms with Crippen LogP contribution in [0.15, 0.2) is 6.07 Å². The number of aliphatic hydroxyl groups is 1. The molecule has 2 N–H and O–H groups in total. The van der Waals surface area contributed by atoms with Crippen molar-refractivity contribution < 1.29 is 5.11 Å². The molecule has 0 bridgehead atoms. The summed E-state index contributed by atoms with van der Waals surface area (Å²) in [5, 5.41) is 22.2. The smallest absolute Gasteiger partial charge is 0.103 e. The fourth-order valence-corrected chi connectivity index (χ4v) is 2.91. The number of aromatic nitrogens is 1. The third kappa shape index (κ3) is 2.87. The van der Waals surface area contributed by atoms with Gasteiger partial charge in [0.1, 0.15) is 6.07 Å². The van der Waals surface area contributed by atoms with Gasteiger partial charge in [0.25, 0.3) is 0 Å². The Morgan fingerprint density at radius 3 is 2.68 bits per heavy atom. The quantitative estimate of drug-likeness (QED) is 0.871. The molecule has 1 heterocycles. The van der Waals surface area contributed by atoms with Crippen molar-refractivity contribution in [2.24, 2.45) is 5.41 Å². The van der Waals surface area contributed by atoms with E-state index >= 15 is 0 Å². The van der Waals surface area contributed by atoms with Crippen LogP contribution in [0.1, 0.15) is 42.6 Å². The lowest BCUT2D eigenvalue weighted by atomic mass is 9.87. The minimum Gasteiger partial charge on any atom is -0.396 e. The average Bonchev–Trinajstić information content (AvgIpc) is 2.85. The lowest BCUT2D eigenvalue weighted by Gasteiger charge is -2.27. The Hall–Kier alpha value is -1.60. The summed E-state index contributed by atoms with van der Waals surface area (Å²) in [5.41, 5.74) is 3.10. The monoisotopic (exact) mass is 259 g/mol. The van der Waals surface area contributed by atoms with Gasteiger partial charge in [-0.3, -0.25) is 4.98 Å². The van der Waals surface area contributed by atoms with Gasteiger partial charge in [-0.05, 0) is 32.8 Å². The number of nitrogens with one attached hydrogen (secondary N) is 1. The van der Waals surface area contributed by atoms with Crippen molar-refractivity contribution in [1.29, 1.82) is 5.26 Å². The van der Waals surface area contributed by atoms with Gasteiger partial charge >= 0.3 is 0 Å². The highest BCUT2D eigenvalue weighted by Crippen LogP contribution is 2.38. The molecule has 0 unspecified atom stereocenters. The van der Waals surface area contributed by atoms with Crippen molar-refractivity contribution in [3.8, 4) is 6.07 Å². The fraction of sp³-hybridized carbons (Fsp3) is 0.600. The van der Waals surface area contributed by atoms with E-state index in [1.807, 2.05) is 19.9 Å². The highest BCUT2D eigenvalue weighted by Gasteiger charge is 2.33. The van der Waals surface area contributed by atoms with Crippen LogP contribution in [0.3, 0.4) is 0 Å². The normalized spacial score (nSPS) is 17.2. The van der Waals surface area contributed by atoms with Gasteiger partial charge in [0, 0.05) is 17.7 Å².